The summed E-state index contributed by atoms with van der Waals surface area (Å²) in [6.45, 7) is 16.3. The van der Waals surface area contributed by atoms with Gasteiger partial charge >= 0.3 is 0 Å². The minimum Gasteiger partial charge on any atom is -0.457 e. The molecule has 0 radical (unpaired) electrons. The van der Waals surface area contributed by atoms with Crippen molar-refractivity contribution in [1.29, 1.82) is 0 Å². The zero-order valence-corrected chi connectivity index (χ0v) is 39.7. The number of hydrogen-bond donors (Lipinski definition) is 0. The molecule has 0 aliphatic rings. The van der Waals surface area contributed by atoms with Crippen LogP contribution in [0, 0.1) is 55.4 Å². The van der Waals surface area contributed by atoms with Gasteiger partial charge in [-0.3, -0.25) is 0 Å². The molecule has 0 heterocycles. The molecule has 8 aromatic rings. The van der Waals surface area contributed by atoms with E-state index in [1.54, 1.807) is 12.1 Å². The zero-order chi connectivity index (χ0) is 45.8. The molecule has 8 aromatic carbocycles. The van der Waals surface area contributed by atoms with E-state index < -0.39 is 22.2 Å². The molecule has 0 aliphatic carbocycles. The Morgan fingerprint density at radius 3 is 1.08 bits per heavy atom. The standard InChI is InChI=1S/C15H16.2C14H14O2S.C14H14O/c1-12-3-7-14(8-4-12)11-15-9-5-13(2)6-10-15;1-11-3-7-13(8-4-11)16-17(15)14-9-5-12(2)6-10-14;1-11-5-3-7-13(9-11)16-17(15)14-8-4-6-12(2)10-14;1-11-3-7-13(8-4-11)15-14-9-5-12(2)6-10-14/h3-10H,11H2,1-2H3;2*3-10H,1-2H3;3-10H,1-2H3. The lowest BCUT2D eigenvalue weighted by Gasteiger charge is -2.05. The first kappa shape index (κ1) is 48.5. The summed E-state index contributed by atoms with van der Waals surface area (Å²) >= 11 is -2.90. The van der Waals surface area contributed by atoms with E-state index in [-0.39, 0.29) is 0 Å². The number of aryl methyl sites for hydroxylation is 8. The summed E-state index contributed by atoms with van der Waals surface area (Å²) in [7, 11) is 0. The van der Waals surface area contributed by atoms with Crippen LogP contribution >= 0.6 is 0 Å². The second-order valence-electron chi connectivity index (χ2n) is 15.8. The van der Waals surface area contributed by atoms with Crippen molar-refractivity contribution >= 4 is 22.2 Å². The van der Waals surface area contributed by atoms with Crippen LogP contribution in [-0.4, -0.2) is 8.42 Å². The molecule has 328 valence electrons. The Kier molecular flexibility index (Phi) is 18.9. The van der Waals surface area contributed by atoms with Crippen molar-refractivity contribution in [1.82, 2.24) is 0 Å². The Bertz CT molecular complexity index is 2500. The van der Waals surface area contributed by atoms with Crippen LogP contribution < -0.4 is 13.1 Å². The van der Waals surface area contributed by atoms with Gasteiger partial charge in [0.25, 0.3) is 0 Å². The fourth-order valence-electron chi connectivity index (χ4n) is 5.90. The van der Waals surface area contributed by atoms with Gasteiger partial charge in [-0.25, -0.2) is 8.42 Å². The third-order valence-electron chi connectivity index (χ3n) is 9.68. The lowest BCUT2D eigenvalue weighted by atomic mass is 10.0. The second-order valence-corrected chi connectivity index (χ2v) is 18.0. The Hall–Kier alpha value is -6.54. The van der Waals surface area contributed by atoms with Crippen molar-refractivity contribution in [3.05, 3.63) is 250 Å². The molecule has 64 heavy (non-hydrogen) atoms. The molecule has 0 saturated heterocycles. The van der Waals surface area contributed by atoms with E-state index in [0.29, 0.717) is 21.3 Å². The van der Waals surface area contributed by atoms with Crippen LogP contribution in [0.5, 0.6) is 23.0 Å². The summed E-state index contributed by atoms with van der Waals surface area (Å²) in [5.74, 6) is 3.01. The molecule has 0 saturated carbocycles. The quantitative estimate of drug-likeness (QED) is 0.137. The highest BCUT2D eigenvalue weighted by molar-refractivity contribution is 7.80. The first-order valence-electron chi connectivity index (χ1n) is 21.2. The molecule has 7 heteroatoms. The van der Waals surface area contributed by atoms with Gasteiger partial charge in [-0.1, -0.05) is 155 Å². The van der Waals surface area contributed by atoms with Crippen LogP contribution in [-0.2, 0) is 28.6 Å². The summed E-state index contributed by atoms with van der Waals surface area (Å²) < 4.78 is 40.3. The first-order valence-corrected chi connectivity index (χ1v) is 23.3. The number of hydrogen-bond acceptors (Lipinski definition) is 5. The molecule has 0 fully saturated rings. The maximum Gasteiger partial charge on any atom is 0.240 e. The highest BCUT2D eigenvalue weighted by atomic mass is 32.2. The van der Waals surface area contributed by atoms with Crippen molar-refractivity contribution < 1.29 is 21.5 Å². The molecule has 2 atom stereocenters. The Labute approximate surface area is 386 Å². The minimum absolute atomic E-state index is 0.620. The lowest BCUT2D eigenvalue weighted by Crippen LogP contribution is -2.01. The normalized spacial score (nSPS) is 11.2. The largest absolute Gasteiger partial charge is 0.457 e. The van der Waals surface area contributed by atoms with Gasteiger partial charge in [-0.2, -0.15) is 0 Å². The van der Waals surface area contributed by atoms with Gasteiger partial charge in [0.1, 0.15) is 23.0 Å². The van der Waals surface area contributed by atoms with Gasteiger partial charge in [0.2, 0.25) is 22.2 Å². The molecule has 5 nitrogen and oxygen atoms in total. The molecule has 0 aliphatic heterocycles. The van der Waals surface area contributed by atoms with Gasteiger partial charge in [0.05, 0.1) is 9.79 Å². The van der Waals surface area contributed by atoms with E-state index in [4.69, 9.17) is 13.1 Å². The van der Waals surface area contributed by atoms with Crippen molar-refractivity contribution in [2.45, 2.75) is 71.6 Å². The number of ether oxygens (including phenoxy) is 1. The topological polar surface area (TPSA) is 61.8 Å². The minimum atomic E-state index is -1.45. The van der Waals surface area contributed by atoms with Gasteiger partial charge in [0, 0.05) is 0 Å². The Balaban J connectivity index is 0.000000161. The van der Waals surface area contributed by atoms with Crippen LogP contribution in [0.15, 0.2) is 204 Å². The van der Waals surface area contributed by atoms with Gasteiger partial charge in [-0.15, -0.1) is 0 Å². The third-order valence-corrected chi connectivity index (χ3v) is 11.7. The zero-order valence-electron chi connectivity index (χ0n) is 38.0. The predicted octanol–water partition coefficient (Wildman–Crippen LogP) is 14.8. The van der Waals surface area contributed by atoms with E-state index in [1.165, 1.54) is 33.4 Å². The van der Waals surface area contributed by atoms with E-state index in [9.17, 15) is 8.42 Å². The second kappa shape index (κ2) is 24.9. The first-order chi connectivity index (χ1) is 30.8. The van der Waals surface area contributed by atoms with Gasteiger partial charge in [-0.05, 0) is 157 Å². The van der Waals surface area contributed by atoms with E-state index in [2.05, 4.69) is 76.2 Å². The predicted molar refractivity (Wildman–Crippen MR) is 266 cm³/mol. The van der Waals surface area contributed by atoms with Crippen molar-refractivity contribution in [3.63, 3.8) is 0 Å². The summed E-state index contributed by atoms with van der Waals surface area (Å²) in [5.41, 5.74) is 12.3. The van der Waals surface area contributed by atoms with Crippen molar-refractivity contribution in [2.75, 3.05) is 0 Å². The van der Waals surface area contributed by atoms with Gasteiger partial charge in [0.15, 0.2) is 0 Å². The molecule has 0 N–H and O–H groups in total. The van der Waals surface area contributed by atoms with E-state index >= 15 is 0 Å². The average molecular weight is 887 g/mol. The summed E-state index contributed by atoms with van der Waals surface area (Å²) in [5, 5.41) is 0. The molecule has 2 unspecified atom stereocenters. The van der Waals surface area contributed by atoms with Gasteiger partial charge < -0.3 is 13.1 Å². The highest BCUT2D eigenvalue weighted by Gasteiger charge is 2.08. The van der Waals surface area contributed by atoms with Crippen molar-refractivity contribution in [2.24, 2.45) is 0 Å². The molecule has 0 aromatic heterocycles. The fraction of sp³-hybridized carbons (Fsp3) is 0.158. The van der Waals surface area contributed by atoms with E-state index in [1.807, 2.05) is 161 Å². The monoisotopic (exact) mass is 886 g/mol. The smallest absolute Gasteiger partial charge is 0.240 e. The number of rotatable bonds is 10. The average Bonchev–Trinajstić information content (AvgIpc) is 3.28. The maximum absolute atomic E-state index is 12.0. The number of benzene rings is 8. The summed E-state index contributed by atoms with van der Waals surface area (Å²) in [6, 6.07) is 63.6. The lowest BCUT2D eigenvalue weighted by molar-refractivity contribution is 0.482. The Morgan fingerprint density at radius 2 is 0.656 bits per heavy atom. The molecular weight excluding hydrogens is 829 g/mol. The van der Waals surface area contributed by atoms with Crippen LogP contribution in [0.2, 0.25) is 0 Å². The van der Waals surface area contributed by atoms with Crippen LogP contribution in [0.25, 0.3) is 0 Å². The highest BCUT2D eigenvalue weighted by Crippen LogP contribution is 2.22. The molecule has 8 rings (SSSR count). The molecule has 0 amide bonds. The SMILES string of the molecule is Cc1ccc(Cc2ccc(C)cc2)cc1.Cc1ccc(OS(=O)c2ccc(C)cc2)cc1.Cc1ccc(Oc2ccc(C)cc2)cc1.Cc1cccc(OS(=O)c2cccc(C)c2)c1. The van der Waals surface area contributed by atoms with Crippen LogP contribution in [0.1, 0.15) is 55.6 Å². The molecular formula is C57H58O5S2. The Morgan fingerprint density at radius 1 is 0.312 bits per heavy atom. The summed E-state index contributed by atoms with van der Waals surface area (Å²) in [6.07, 6.45) is 1.03. The summed E-state index contributed by atoms with van der Waals surface area (Å²) in [4.78, 5) is 1.36. The molecule has 0 spiro atoms. The fourth-order valence-corrected chi connectivity index (χ4v) is 7.48. The van der Waals surface area contributed by atoms with Crippen LogP contribution in [0.3, 0.4) is 0 Å². The molecule has 0 bridgehead atoms. The third kappa shape index (κ3) is 17.3. The van der Waals surface area contributed by atoms with Crippen molar-refractivity contribution in [3.8, 4) is 23.0 Å². The van der Waals surface area contributed by atoms with E-state index in [0.717, 1.165) is 40.2 Å². The van der Waals surface area contributed by atoms with Crippen LogP contribution in [0.4, 0.5) is 0 Å². The maximum atomic E-state index is 12.0.